The van der Waals surface area contributed by atoms with Crippen LogP contribution in [0.4, 0.5) is 4.39 Å². The lowest BCUT2D eigenvalue weighted by atomic mass is 9.77. The average Bonchev–Trinajstić information content (AvgIpc) is 2.12. The molecule has 0 radical (unpaired) electrons. The van der Waals surface area contributed by atoms with Crippen LogP contribution in [0.15, 0.2) is 18.2 Å². The first-order chi connectivity index (χ1) is 7.22. The van der Waals surface area contributed by atoms with Crippen molar-refractivity contribution in [1.82, 2.24) is 5.32 Å². The van der Waals surface area contributed by atoms with Crippen LogP contribution in [0.3, 0.4) is 0 Å². The van der Waals surface area contributed by atoms with E-state index in [1.54, 1.807) is 12.1 Å². The first kappa shape index (κ1) is 10.9. The Labute approximate surface area is 94.6 Å². The zero-order valence-electron chi connectivity index (χ0n) is 8.76. The number of rotatable bonds is 3. The van der Waals surface area contributed by atoms with Gasteiger partial charge in [0.05, 0.1) is 0 Å². The van der Waals surface area contributed by atoms with Gasteiger partial charge >= 0.3 is 0 Å². The van der Waals surface area contributed by atoms with E-state index in [4.69, 9.17) is 11.6 Å². The van der Waals surface area contributed by atoms with Crippen molar-refractivity contribution in [3.63, 3.8) is 0 Å². The van der Waals surface area contributed by atoms with Crippen LogP contribution in [0.1, 0.15) is 30.9 Å². The second kappa shape index (κ2) is 4.50. The molecule has 1 aliphatic rings. The maximum absolute atomic E-state index is 13.7. The Morgan fingerprint density at radius 1 is 1.47 bits per heavy atom. The van der Waals surface area contributed by atoms with Gasteiger partial charge in [-0.15, -0.1) is 0 Å². The van der Waals surface area contributed by atoms with E-state index < -0.39 is 0 Å². The van der Waals surface area contributed by atoms with Gasteiger partial charge in [0, 0.05) is 16.6 Å². The molecule has 2 rings (SSSR count). The second-order valence-corrected chi connectivity index (χ2v) is 4.56. The van der Waals surface area contributed by atoms with Crippen LogP contribution in [0.5, 0.6) is 0 Å². The fraction of sp³-hybridized carbons (Fsp3) is 0.500. The van der Waals surface area contributed by atoms with Crippen LogP contribution >= 0.6 is 11.6 Å². The van der Waals surface area contributed by atoms with E-state index in [1.165, 1.54) is 25.3 Å². The molecule has 0 aromatic heterocycles. The quantitative estimate of drug-likeness (QED) is 0.833. The molecule has 82 valence electrons. The number of hydrogen-bond donors (Lipinski definition) is 1. The third-order valence-electron chi connectivity index (χ3n) is 3.23. The van der Waals surface area contributed by atoms with Crippen LogP contribution in [-0.2, 0) is 0 Å². The smallest absolute Gasteiger partial charge is 0.129 e. The molecule has 1 fully saturated rings. The van der Waals surface area contributed by atoms with E-state index in [9.17, 15) is 4.39 Å². The predicted octanol–water partition coefficient (Wildman–Crippen LogP) is 3.54. The molecule has 1 saturated carbocycles. The minimum atomic E-state index is -0.200. The van der Waals surface area contributed by atoms with Crippen molar-refractivity contribution >= 4 is 11.6 Å². The fourth-order valence-corrected chi connectivity index (χ4v) is 2.33. The zero-order chi connectivity index (χ0) is 10.8. The summed E-state index contributed by atoms with van der Waals surface area (Å²) in [5.41, 5.74) is 0.742. The summed E-state index contributed by atoms with van der Waals surface area (Å²) in [6.07, 6.45) is 3.64. The SMILES string of the molecule is CNC(c1ccc(Cl)cc1F)C1CCC1. The molecule has 1 N–H and O–H groups in total. The highest BCUT2D eigenvalue weighted by atomic mass is 35.5. The topological polar surface area (TPSA) is 12.0 Å². The summed E-state index contributed by atoms with van der Waals surface area (Å²) >= 11 is 5.73. The largest absolute Gasteiger partial charge is 0.313 e. The van der Waals surface area contributed by atoms with Crippen molar-refractivity contribution in [3.05, 3.63) is 34.6 Å². The summed E-state index contributed by atoms with van der Waals surface area (Å²) < 4.78 is 13.7. The summed E-state index contributed by atoms with van der Waals surface area (Å²) in [6, 6.07) is 5.07. The first-order valence-corrected chi connectivity index (χ1v) is 5.72. The zero-order valence-corrected chi connectivity index (χ0v) is 9.52. The van der Waals surface area contributed by atoms with E-state index in [2.05, 4.69) is 5.32 Å². The standard InChI is InChI=1S/C12H15ClFN/c1-15-12(8-3-2-4-8)10-6-5-9(13)7-11(10)14/h5-8,12,15H,2-4H2,1H3. The Bertz CT molecular complexity index is 349. The molecule has 0 bridgehead atoms. The molecule has 1 atom stereocenters. The summed E-state index contributed by atoms with van der Waals surface area (Å²) in [6.45, 7) is 0. The highest BCUT2D eigenvalue weighted by molar-refractivity contribution is 6.30. The van der Waals surface area contributed by atoms with Gasteiger partial charge < -0.3 is 5.32 Å². The van der Waals surface area contributed by atoms with Crippen molar-refractivity contribution in [3.8, 4) is 0 Å². The van der Waals surface area contributed by atoms with Gasteiger partial charge in [-0.05, 0) is 37.9 Å². The summed E-state index contributed by atoms with van der Waals surface area (Å²) in [7, 11) is 1.89. The molecule has 15 heavy (non-hydrogen) atoms. The molecule has 1 unspecified atom stereocenters. The van der Waals surface area contributed by atoms with Gasteiger partial charge in [0.1, 0.15) is 5.82 Å². The van der Waals surface area contributed by atoms with E-state index >= 15 is 0 Å². The van der Waals surface area contributed by atoms with Crippen LogP contribution < -0.4 is 5.32 Å². The molecular weight excluding hydrogens is 213 g/mol. The third kappa shape index (κ3) is 2.16. The normalized spacial score (nSPS) is 18.6. The minimum absolute atomic E-state index is 0.135. The fourth-order valence-electron chi connectivity index (χ4n) is 2.17. The van der Waals surface area contributed by atoms with Gasteiger partial charge in [0.2, 0.25) is 0 Å². The van der Waals surface area contributed by atoms with E-state index in [-0.39, 0.29) is 11.9 Å². The van der Waals surface area contributed by atoms with Crippen molar-refractivity contribution in [2.24, 2.45) is 5.92 Å². The molecule has 0 spiro atoms. The molecule has 1 aliphatic carbocycles. The lowest BCUT2D eigenvalue weighted by Gasteiger charge is -2.34. The second-order valence-electron chi connectivity index (χ2n) is 4.12. The average molecular weight is 228 g/mol. The van der Waals surface area contributed by atoms with Crippen molar-refractivity contribution in [2.75, 3.05) is 7.05 Å². The Morgan fingerprint density at radius 3 is 2.67 bits per heavy atom. The molecule has 1 aromatic carbocycles. The van der Waals surface area contributed by atoms with Gasteiger partial charge in [0.15, 0.2) is 0 Å². The summed E-state index contributed by atoms with van der Waals surface area (Å²) in [4.78, 5) is 0. The Morgan fingerprint density at radius 2 is 2.20 bits per heavy atom. The number of nitrogens with one attached hydrogen (secondary N) is 1. The Kier molecular flexibility index (Phi) is 3.27. The molecule has 1 nitrogen and oxygen atoms in total. The molecular formula is C12H15ClFN. The predicted molar refractivity (Wildman–Crippen MR) is 60.6 cm³/mol. The number of hydrogen-bond acceptors (Lipinski definition) is 1. The van der Waals surface area contributed by atoms with Gasteiger partial charge in [-0.1, -0.05) is 24.1 Å². The van der Waals surface area contributed by atoms with E-state index in [0.29, 0.717) is 10.9 Å². The van der Waals surface area contributed by atoms with Gasteiger partial charge in [-0.3, -0.25) is 0 Å². The summed E-state index contributed by atoms with van der Waals surface area (Å²) in [5, 5.41) is 3.66. The highest BCUT2D eigenvalue weighted by Crippen LogP contribution is 2.38. The van der Waals surface area contributed by atoms with Crippen LogP contribution in [0.25, 0.3) is 0 Å². The van der Waals surface area contributed by atoms with Crippen molar-refractivity contribution in [2.45, 2.75) is 25.3 Å². The minimum Gasteiger partial charge on any atom is -0.313 e. The third-order valence-corrected chi connectivity index (χ3v) is 3.46. The van der Waals surface area contributed by atoms with E-state index in [0.717, 1.165) is 5.56 Å². The Balaban J connectivity index is 2.25. The van der Waals surface area contributed by atoms with Gasteiger partial charge in [0.25, 0.3) is 0 Å². The number of halogens is 2. The van der Waals surface area contributed by atoms with Crippen molar-refractivity contribution < 1.29 is 4.39 Å². The first-order valence-electron chi connectivity index (χ1n) is 5.34. The molecule has 0 amide bonds. The molecule has 0 aliphatic heterocycles. The molecule has 0 saturated heterocycles. The monoisotopic (exact) mass is 227 g/mol. The highest BCUT2D eigenvalue weighted by Gasteiger charge is 2.28. The van der Waals surface area contributed by atoms with Crippen LogP contribution in [0.2, 0.25) is 5.02 Å². The molecule has 0 heterocycles. The molecule has 3 heteroatoms. The lowest BCUT2D eigenvalue weighted by molar-refractivity contribution is 0.235. The number of benzene rings is 1. The molecule has 1 aromatic rings. The van der Waals surface area contributed by atoms with E-state index in [1.807, 2.05) is 7.05 Å². The van der Waals surface area contributed by atoms with Crippen LogP contribution in [-0.4, -0.2) is 7.05 Å². The van der Waals surface area contributed by atoms with Gasteiger partial charge in [-0.25, -0.2) is 4.39 Å². The van der Waals surface area contributed by atoms with Crippen LogP contribution in [0, 0.1) is 11.7 Å². The maximum Gasteiger partial charge on any atom is 0.129 e. The Hall–Kier alpha value is -0.600. The lowest BCUT2D eigenvalue weighted by Crippen LogP contribution is -2.30. The maximum atomic E-state index is 13.7. The van der Waals surface area contributed by atoms with Gasteiger partial charge in [-0.2, -0.15) is 0 Å². The van der Waals surface area contributed by atoms with Crippen molar-refractivity contribution in [1.29, 1.82) is 0 Å². The summed E-state index contributed by atoms with van der Waals surface area (Å²) in [5.74, 6) is 0.374.